The number of amides is 1. The van der Waals surface area contributed by atoms with Crippen molar-refractivity contribution in [1.82, 2.24) is 5.43 Å². The first-order chi connectivity index (χ1) is 8.16. The number of nitrogens with zero attached hydrogens (tertiary/aromatic N) is 1. The quantitative estimate of drug-likeness (QED) is 0.670. The Bertz CT molecular complexity index is 541. The lowest BCUT2D eigenvalue weighted by atomic mass is 10.3. The Hall–Kier alpha value is -1.88. The molecule has 17 heavy (non-hydrogen) atoms. The second-order valence-corrected chi connectivity index (χ2v) is 4.47. The van der Waals surface area contributed by atoms with Gasteiger partial charge in [-0.25, -0.2) is 5.43 Å². The maximum atomic E-state index is 11.6. The van der Waals surface area contributed by atoms with Gasteiger partial charge in [-0.3, -0.25) is 4.79 Å². The third-order valence-corrected chi connectivity index (χ3v) is 3.04. The SMILES string of the molecule is CC(=NNC(=O)c1cccs1)c1ccc(C)o1. The summed E-state index contributed by atoms with van der Waals surface area (Å²) in [5.41, 5.74) is 3.13. The van der Waals surface area contributed by atoms with E-state index in [1.165, 1.54) is 11.3 Å². The van der Waals surface area contributed by atoms with E-state index in [2.05, 4.69) is 10.5 Å². The summed E-state index contributed by atoms with van der Waals surface area (Å²) in [4.78, 5) is 12.2. The van der Waals surface area contributed by atoms with Crippen LogP contribution in [0.5, 0.6) is 0 Å². The molecule has 0 radical (unpaired) electrons. The molecule has 0 atom stereocenters. The number of hydrogen-bond acceptors (Lipinski definition) is 4. The minimum Gasteiger partial charge on any atom is -0.460 e. The lowest BCUT2D eigenvalue weighted by Gasteiger charge is -1.98. The van der Waals surface area contributed by atoms with Gasteiger partial charge in [0.05, 0.1) is 4.88 Å². The lowest BCUT2D eigenvalue weighted by molar-refractivity contribution is 0.0959. The van der Waals surface area contributed by atoms with Crippen molar-refractivity contribution >= 4 is 23.0 Å². The monoisotopic (exact) mass is 248 g/mol. The highest BCUT2D eigenvalue weighted by Gasteiger charge is 2.06. The maximum absolute atomic E-state index is 11.6. The molecule has 5 heteroatoms. The maximum Gasteiger partial charge on any atom is 0.281 e. The van der Waals surface area contributed by atoms with Crippen LogP contribution in [0.4, 0.5) is 0 Å². The number of carbonyl (C=O) groups excluding carboxylic acids is 1. The molecule has 2 aromatic heterocycles. The number of rotatable bonds is 3. The molecule has 2 heterocycles. The van der Waals surface area contributed by atoms with Crippen LogP contribution < -0.4 is 5.43 Å². The van der Waals surface area contributed by atoms with Gasteiger partial charge in [-0.05, 0) is 37.4 Å². The Morgan fingerprint density at radius 3 is 2.82 bits per heavy atom. The number of hydrogen-bond donors (Lipinski definition) is 1. The number of hydrazone groups is 1. The number of thiophene rings is 1. The van der Waals surface area contributed by atoms with Gasteiger partial charge < -0.3 is 4.42 Å². The van der Waals surface area contributed by atoms with E-state index in [9.17, 15) is 4.79 Å². The molecule has 0 saturated heterocycles. The molecule has 0 aliphatic heterocycles. The van der Waals surface area contributed by atoms with E-state index < -0.39 is 0 Å². The van der Waals surface area contributed by atoms with Crippen LogP contribution in [0.25, 0.3) is 0 Å². The molecular weight excluding hydrogens is 236 g/mol. The van der Waals surface area contributed by atoms with Crippen LogP contribution in [0.3, 0.4) is 0 Å². The van der Waals surface area contributed by atoms with Crippen molar-refractivity contribution in [2.24, 2.45) is 5.10 Å². The van der Waals surface area contributed by atoms with Crippen molar-refractivity contribution in [2.45, 2.75) is 13.8 Å². The Morgan fingerprint density at radius 2 is 2.24 bits per heavy atom. The molecule has 0 fully saturated rings. The molecule has 0 aromatic carbocycles. The van der Waals surface area contributed by atoms with Gasteiger partial charge in [-0.15, -0.1) is 11.3 Å². The van der Waals surface area contributed by atoms with Gasteiger partial charge in [0.2, 0.25) is 0 Å². The molecular formula is C12H12N2O2S. The van der Waals surface area contributed by atoms with E-state index in [4.69, 9.17) is 4.42 Å². The fourth-order valence-corrected chi connectivity index (χ4v) is 1.90. The minimum absolute atomic E-state index is 0.206. The third kappa shape index (κ3) is 2.82. The summed E-state index contributed by atoms with van der Waals surface area (Å²) in [6.07, 6.45) is 0. The summed E-state index contributed by atoms with van der Waals surface area (Å²) in [7, 11) is 0. The normalized spacial score (nSPS) is 11.5. The van der Waals surface area contributed by atoms with E-state index in [0.29, 0.717) is 16.3 Å². The molecule has 4 nitrogen and oxygen atoms in total. The first-order valence-electron chi connectivity index (χ1n) is 5.12. The molecule has 2 rings (SSSR count). The van der Waals surface area contributed by atoms with E-state index in [0.717, 1.165) is 5.76 Å². The van der Waals surface area contributed by atoms with Crippen molar-refractivity contribution in [2.75, 3.05) is 0 Å². The van der Waals surface area contributed by atoms with E-state index in [1.54, 1.807) is 13.0 Å². The third-order valence-electron chi connectivity index (χ3n) is 2.17. The van der Waals surface area contributed by atoms with Crippen LogP contribution in [0.2, 0.25) is 0 Å². The average molecular weight is 248 g/mol. The van der Waals surface area contributed by atoms with Gasteiger partial charge in [-0.1, -0.05) is 6.07 Å². The summed E-state index contributed by atoms with van der Waals surface area (Å²) in [5, 5.41) is 5.84. The number of nitrogens with one attached hydrogen (secondary N) is 1. The molecule has 0 saturated carbocycles. The Balaban J connectivity index is 2.04. The van der Waals surface area contributed by atoms with E-state index >= 15 is 0 Å². The van der Waals surface area contributed by atoms with Crippen LogP contribution in [-0.2, 0) is 0 Å². The summed E-state index contributed by atoms with van der Waals surface area (Å²) in [6.45, 7) is 3.65. The molecule has 2 aromatic rings. The second-order valence-electron chi connectivity index (χ2n) is 3.53. The standard InChI is InChI=1S/C12H12N2O2S/c1-8-5-6-10(16-8)9(2)13-14-12(15)11-4-3-7-17-11/h3-7H,1-2H3,(H,14,15). The molecule has 0 bridgehead atoms. The van der Waals surface area contributed by atoms with Crippen LogP contribution in [-0.4, -0.2) is 11.6 Å². The summed E-state index contributed by atoms with van der Waals surface area (Å²) in [5.74, 6) is 1.27. The lowest BCUT2D eigenvalue weighted by Crippen LogP contribution is -2.17. The number of aryl methyl sites for hydroxylation is 1. The first kappa shape index (κ1) is 11.6. The molecule has 1 N–H and O–H groups in total. The minimum atomic E-state index is -0.206. The zero-order chi connectivity index (χ0) is 12.3. The van der Waals surface area contributed by atoms with Crippen molar-refractivity contribution in [3.05, 3.63) is 46.0 Å². The molecule has 0 spiro atoms. The van der Waals surface area contributed by atoms with Crippen molar-refractivity contribution in [1.29, 1.82) is 0 Å². The summed E-state index contributed by atoms with van der Waals surface area (Å²) < 4.78 is 5.39. The summed E-state index contributed by atoms with van der Waals surface area (Å²) in [6, 6.07) is 7.26. The molecule has 1 amide bonds. The van der Waals surface area contributed by atoms with E-state index in [1.807, 2.05) is 30.5 Å². The van der Waals surface area contributed by atoms with Gasteiger partial charge in [0.15, 0.2) is 0 Å². The number of furan rings is 1. The smallest absolute Gasteiger partial charge is 0.281 e. The van der Waals surface area contributed by atoms with Gasteiger partial charge in [0.25, 0.3) is 5.91 Å². The van der Waals surface area contributed by atoms with Crippen LogP contribution in [0, 0.1) is 6.92 Å². The van der Waals surface area contributed by atoms with Gasteiger partial charge in [0, 0.05) is 0 Å². The molecule has 88 valence electrons. The van der Waals surface area contributed by atoms with Gasteiger partial charge >= 0.3 is 0 Å². The molecule has 0 aliphatic carbocycles. The topological polar surface area (TPSA) is 54.6 Å². The highest BCUT2D eigenvalue weighted by molar-refractivity contribution is 7.12. The Morgan fingerprint density at radius 1 is 1.41 bits per heavy atom. The molecule has 0 aliphatic rings. The zero-order valence-corrected chi connectivity index (χ0v) is 10.4. The van der Waals surface area contributed by atoms with E-state index in [-0.39, 0.29) is 5.91 Å². The highest BCUT2D eigenvalue weighted by Crippen LogP contribution is 2.09. The Kier molecular flexibility index (Phi) is 3.39. The fraction of sp³-hybridized carbons (Fsp3) is 0.167. The summed E-state index contributed by atoms with van der Waals surface area (Å²) >= 11 is 1.38. The van der Waals surface area contributed by atoms with Crippen LogP contribution in [0.15, 0.2) is 39.2 Å². The van der Waals surface area contributed by atoms with Crippen LogP contribution >= 0.6 is 11.3 Å². The average Bonchev–Trinajstić information content (AvgIpc) is 2.95. The van der Waals surface area contributed by atoms with Crippen molar-refractivity contribution < 1.29 is 9.21 Å². The first-order valence-corrected chi connectivity index (χ1v) is 6.00. The predicted molar refractivity (Wildman–Crippen MR) is 67.4 cm³/mol. The molecule has 0 unspecified atom stereocenters. The largest absolute Gasteiger partial charge is 0.460 e. The van der Waals surface area contributed by atoms with Crippen LogP contribution in [0.1, 0.15) is 28.1 Å². The van der Waals surface area contributed by atoms with Crippen molar-refractivity contribution in [3.8, 4) is 0 Å². The van der Waals surface area contributed by atoms with Gasteiger partial charge in [0.1, 0.15) is 17.2 Å². The Labute approximate surface area is 103 Å². The number of carbonyl (C=O) groups is 1. The van der Waals surface area contributed by atoms with Crippen molar-refractivity contribution in [3.63, 3.8) is 0 Å². The van der Waals surface area contributed by atoms with Gasteiger partial charge in [-0.2, -0.15) is 5.10 Å². The zero-order valence-electron chi connectivity index (χ0n) is 9.56. The second kappa shape index (κ2) is 4.97. The highest BCUT2D eigenvalue weighted by atomic mass is 32.1. The fourth-order valence-electron chi connectivity index (χ4n) is 1.28. The predicted octanol–water partition coefficient (Wildman–Crippen LogP) is 2.80.